The number of guanidine groups is 1. The van der Waals surface area contributed by atoms with E-state index in [2.05, 4.69) is 51.1 Å². The van der Waals surface area contributed by atoms with Crippen molar-refractivity contribution in [2.24, 2.45) is 4.99 Å². The predicted octanol–water partition coefficient (Wildman–Crippen LogP) is 3.77. The lowest BCUT2D eigenvalue weighted by atomic mass is 10.2. The zero-order valence-electron chi connectivity index (χ0n) is 16.7. The van der Waals surface area contributed by atoms with Crippen molar-refractivity contribution in [1.29, 1.82) is 0 Å². The van der Waals surface area contributed by atoms with Crippen LogP contribution in [0.1, 0.15) is 17.7 Å². The molecule has 0 spiro atoms. The van der Waals surface area contributed by atoms with Crippen molar-refractivity contribution in [2.45, 2.75) is 24.8 Å². The third-order valence-corrected chi connectivity index (χ3v) is 4.69. The molecule has 0 aliphatic heterocycles. The zero-order chi connectivity index (χ0) is 19.6. The fourth-order valence-corrected chi connectivity index (χ4v) is 2.98. The second-order valence-electron chi connectivity index (χ2n) is 6.14. The first-order valence-electron chi connectivity index (χ1n) is 8.80. The van der Waals surface area contributed by atoms with E-state index in [1.54, 1.807) is 24.9 Å². The van der Waals surface area contributed by atoms with Gasteiger partial charge in [-0.25, -0.2) is 4.98 Å². The zero-order valence-corrected chi connectivity index (χ0v) is 19.9. The smallest absolute Gasteiger partial charge is 0.227 e. The molecule has 0 radical (unpaired) electrons. The summed E-state index contributed by atoms with van der Waals surface area (Å²) in [5, 5.41) is 6.04. The largest absolute Gasteiger partial charge is 0.356 e. The molecule has 0 aliphatic carbocycles. The molecule has 0 fully saturated rings. The molecule has 0 atom stereocenters. The number of carbonyl (C=O) groups excluding carboxylic acids is 1. The van der Waals surface area contributed by atoms with Gasteiger partial charge in [-0.3, -0.25) is 9.79 Å². The molecule has 0 saturated carbocycles. The molecule has 0 aliphatic rings. The summed E-state index contributed by atoms with van der Waals surface area (Å²) in [7, 11) is 3.72. The minimum Gasteiger partial charge on any atom is -0.356 e. The minimum atomic E-state index is -0.0774. The Hall–Kier alpha value is -1.81. The summed E-state index contributed by atoms with van der Waals surface area (Å²) in [6.45, 7) is 3.14. The van der Waals surface area contributed by atoms with Gasteiger partial charge in [-0.1, -0.05) is 18.2 Å². The number of aromatic nitrogens is 1. The van der Waals surface area contributed by atoms with E-state index in [9.17, 15) is 4.79 Å². The second-order valence-corrected chi connectivity index (χ2v) is 7.02. The number of hydrogen-bond donors (Lipinski definition) is 2. The molecule has 28 heavy (non-hydrogen) atoms. The standard InChI is InChI=1S/C20H27N5OS.HI/c1-15-6-5-7-18(23-15)24-19(26)12-13-22-20(21-2)25(3)14-16-8-10-17(27-4)11-9-16;/h5-11H,12-14H2,1-4H3,(H,21,22)(H,23,24,26);1H. The maximum atomic E-state index is 12.1. The van der Waals surface area contributed by atoms with Crippen LogP contribution in [-0.2, 0) is 11.3 Å². The van der Waals surface area contributed by atoms with Gasteiger partial charge >= 0.3 is 0 Å². The van der Waals surface area contributed by atoms with Gasteiger partial charge < -0.3 is 15.5 Å². The Morgan fingerprint density at radius 1 is 1.21 bits per heavy atom. The summed E-state index contributed by atoms with van der Waals surface area (Å²) in [5.74, 6) is 1.26. The van der Waals surface area contributed by atoms with Gasteiger partial charge in [0.1, 0.15) is 5.82 Å². The third kappa shape index (κ3) is 8.05. The van der Waals surface area contributed by atoms with Crippen LogP contribution in [0.3, 0.4) is 0 Å². The Labute approximate surface area is 188 Å². The Kier molecular flexibility index (Phi) is 10.9. The van der Waals surface area contributed by atoms with Gasteiger partial charge in [-0.2, -0.15) is 0 Å². The number of benzene rings is 1. The van der Waals surface area contributed by atoms with Crippen LogP contribution in [0.2, 0.25) is 0 Å². The topological polar surface area (TPSA) is 69.6 Å². The van der Waals surface area contributed by atoms with E-state index in [0.29, 0.717) is 18.8 Å². The number of rotatable bonds is 7. The summed E-state index contributed by atoms with van der Waals surface area (Å²) in [5.41, 5.74) is 2.08. The molecule has 0 unspecified atom stereocenters. The summed E-state index contributed by atoms with van der Waals surface area (Å²) in [6.07, 6.45) is 2.41. The quantitative estimate of drug-likeness (QED) is 0.256. The summed E-state index contributed by atoms with van der Waals surface area (Å²) >= 11 is 1.73. The van der Waals surface area contributed by atoms with Crippen LogP contribution < -0.4 is 10.6 Å². The maximum absolute atomic E-state index is 12.1. The number of amides is 1. The first-order chi connectivity index (χ1) is 13.0. The molecule has 1 amide bonds. The molecule has 1 aromatic carbocycles. The molecule has 152 valence electrons. The highest BCUT2D eigenvalue weighted by Crippen LogP contribution is 2.15. The first kappa shape index (κ1) is 24.2. The van der Waals surface area contributed by atoms with Crippen LogP contribution in [0.25, 0.3) is 0 Å². The summed E-state index contributed by atoms with van der Waals surface area (Å²) in [6, 6.07) is 14.0. The maximum Gasteiger partial charge on any atom is 0.227 e. The molecular weight excluding hydrogens is 485 g/mol. The molecule has 0 bridgehead atoms. The number of hydrogen-bond acceptors (Lipinski definition) is 4. The van der Waals surface area contributed by atoms with Crippen LogP contribution in [0.4, 0.5) is 5.82 Å². The molecule has 1 heterocycles. The van der Waals surface area contributed by atoms with Gasteiger partial charge in [-0.05, 0) is 43.0 Å². The van der Waals surface area contributed by atoms with Crippen LogP contribution >= 0.6 is 35.7 Å². The van der Waals surface area contributed by atoms with Gasteiger partial charge in [0, 0.05) is 44.2 Å². The highest BCUT2D eigenvalue weighted by Gasteiger charge is 2.08. The number of aryl methyl sites for hydroxylation is 1. The van der Waals surface area contributed by atoms with Crippen LogP contribution in [-0.4, -0.2) is 48.6 Å². The van der Waals surface area contributed by atoms with Crippen molar-refractivity contribution >= 4 is 53.4 Å². The molecule has 1 aromatic heterocycles. The van der Waals surface area contributed by atoms with Crippen molar-refractivity contribution in [3.05, 3.63) is 53.7 Å². The van der Waals surface area contributed by atoms with Crippen molar-refractivity contribution in [1.82, 2.24) is 15.2 Å². The highest BCUT2D eigenvalue weighted by atomic mass is 127. The van der Waals surface area contributed by atoms with Crippen molar-refractivity contribution in [3.63, 3.8) is 0 Å². The van der Waals surface area contributed by atoms with Crippen LogP contribution in [0, 0.1) is 6.92 Å². The summed E-state index contributed by atoms with van der Waals surface area (Å²) < 4.78 is 0. The van der Waals surface area contributed by atoms with Gasteiger partial charge in [0.05, 0.1) is 0 Å². The second kappa shape index (κ2) is 12.6. The molecule has 6 nitrogen and oxygen atoms in total. The molecule has 2 aromatic rings. The van der Waals surface area contributed by atoms with Crippen molar-refractivity contribution in [2.75, 3.05) is 32.2 Å². The number of pyridine rings is 1. The number of nitrogens with one attached hydrogen (secondary N) is 2. The lowest BCUT2D eigenvalue weighted by Gasteiger charge is -2.22. The number of carbonyl (C=O) groups is 1. The van der Waals surface area contributed by atoms with Crippen LogP contribution in [0.5, 0.6) is 0 Å². The van der Waals surface area contributed by atoms with Crippen LogP contribution in [0.15, 0.2) is 52.4 Å². The van der Waals surface area contributed by atoms with E-state index < -0.39 is 0 Å². The molecular formula is C20H28IN5OS. The SMILES string of the molecule is CN=C(NCCC(=O)Nc1cccc(C)n1)N(C)Cc1ccc(SC)cc1.I. The number of anilines is 1. The number of nitrogens with zero attached hydrogens (tertiary/aromatic N) is 3. The molecule has 2 rings (SSSR count). The van der Waals surface area contributed by atoms with E-state index in [1.165, 1.54) is 10.5 Å². The Morgan fingerprint density at radius 2 is 1.93 bits per heavy atom. The molecule has 8 heteroatoms. The normalized spacial score (nSPS) is 10.8. The lowest BCUT2D eigenvalue weighted by Crippen LogP contribution is -2.39. The van der Waals surface area contributed by atoms with E-state index in [1.807, 2.05) is 31.0 Å². The monoisotopic (exact) mass is 513 g/mol. The number of halogens is 1. The number of aliphatic imine (C=N–C) groups is 1. The van der Waals surface area contributed by atoms with Crippen molar-refractivity contribution in [3.8, 4) is 0 Å². The van der Waals surface area contributed by atoms with Gasteiger partial charge in [0.2, 0.25) is 5.91 Å². The van der Waals surface area contributed by atoms with Gasteiger partial charge in [-0.15, -0.1) is 35.7 Å². The number of thioether (sulfide) groups is 1. The predicted molar refractivity (Wildman–Crippen MR) is 129 cm³/mol. The van der Waals surface area contributed by atoms with E-state index in [4.69, 9.17) is 0 Å². The van der Waals surface area contributed by atoms with E-state index in [0.717, 1.165) is 18.2 Å². The lowest BCUT2D eigenvalue weighted by molar-refractivity contribution is -0.116. The van der Waals surface area contributed by atoms with Crippen molar-refractivity contribution < 1.29 is 4.79 Å². The minimum absolute atomic E-state index is 0. The fraction of sp³-hybridized carbons (Fsp3) is 0.350. The van der Waals surface area contributed by atoms with E-state index >= 15 is 0 Å². The Balaban J connectivity index is 0.00000392. The molecule has 2 N–H and O–H groups in total. The molecule has 0 saturated heterocycles. The van der Waals surface area contributed by atoms with Gasteiger partial charge in [0.25, 0.3) is 0 Å². The Bertz CT molecular complexity index is 782. The third-order valence-electron chi connectivity index (χ3n) is 3.94. The Morgan fingerprint density at radius 3 is 2.54 bits per heavy atom. The summed E-state index contributed by atoms with van der Waals surface area (Å²) in [4.78, 5) is 23.9. The van der Waals surface area contributed by atoms with E-state index in [-0.39, 0.29) is 29.9 Å². The average Bonchev–Trinajstić information content (AvgIpc) is 2.65. The fourth-order valence-electron chi connectivity index (χ4n) is 2.57. The first-order valence-corrected chi connectivity index (χ1v) is 10.0. The highest BCUT2D eigenvalue weighted by molar-refractivity contribution is 14.0. The van der Waals surface area contributed by atoms with Gasteiger partial charge in [0.15, 0.2) is 5.96 Å². The average molecular weight is 513 g/mol.